The quantitative estimate of drug-likeness (QED) is 0.686. The molecule has 1 rings (SSSR count). The van der Waals surface area contributed by atoms with E-state index in [4.69, 9.17) is 0 Å². The molecule has 0 unspecified atom stereocenters. The molecule has 1 heterocycles. The first-order chi connectivity index (χ1) is 7.35. The average Bonchev–Trinajstić information content (AvgIpc) is 2.16. The van der Waals surface area contributed by atoms with Crippen molar-refractivity contribution in [1.82, 2.24) is 9.55 Å². The lowest BCUT2D eigenvalue weighted by Crippen LogP contribution is -2.31. The predicted octanol–water partition coefficient (Wildman–Crippen LogP) is -1.32. The van der Waals surface area contributed by atoms with E-state index >= 15 is 0 Å². The van der Waals surface area contributed by atoms with Gasteiger partial charge in [0.1, 0.15) is 0 Å². The van der Waals surface area contributed by atoms with Crippen LogP contribution in [0.25, 0.3) is 0 Å². The van der Waals surface area contributed by atoms with E-state index in [0.29, 0.717) is 0 Å². The summed E-state index contributed by atoms with van der Waals surface area (Å²) in [4.78, 5) is 23.9. The largest absolute Gasteiger partial charge is 0.494 e. The van der Waals surface area contributed by atoms with Crippen LogP contribution in [-0.4, -0.2) is 34.6 Å². The van der Waals surface area contributed by atoms with E-state index in [9.17, 15) is 23.1 Å². The highest BCUT2D eigenvalue weighted by molar-refractivity contribution is 7.91. The minimum absolute atomic E-state index is 0.0358. The van der Waals surface area contributed by atoms with Crippen molar-refractivity contribution in [2.75, 3.05) is 11.5 Å². The van der Waals surface area contributed by atoms with Crippen molar-refractivity contribution < 1.29 is 13.5 Å². The SMILES string of the molecule is CCS(=O)(=O)CCn1c(O)cc(=O)[nH]c1=O. The molecule has 0 aliphatic heterocycles. The Morgan fingerprint density at radius 3 is 2.56 bits per heavy atom. The second kappa shape index (κ2) is 4.52. The normalized spacial score (nSPS) is 11.6. The predicted molar refractivity (Wildman–Crippen MR) is 57.3 cm³/mol. The smallest absolute Gasteiger partial charge is 0.331 e. The number of sulfone groups is 1. The Balaban J connectivity index is 3.00. The van der Waals surface area contributed by atoms with Gasteiger partial charge in [0.2, 0.25) is 5.88 Å². The van der Waals surface area contributed by atoms with Crippen LogP contribution in [0.3, 0.4) is 0 Å². The molecule has 0 spiro atoms. The number of H-pyrrole nitrogens is 1. The van der Waals surface area contributed by atoms with Gasteiger partial charge in [-0.2, -0.15) is 0 Å². The number of nitrogens with one attached hydrogen (secondary N) is 1. The van der Waals surface area contributed by atoms with Crippen LogP contribution in [-0.2, 0) is 16.4 Å². The minimum Gasteiger partial charge on any atom is -0.494 e. The number of aromatic hydroxyl groups is 1. The van der Waals surface area contributed by atoms with Crippen LogP contribution < -0.4 is 11.2 Å². The maximum atomic E-state index is 11.2. The molecule has 0 atom stereocenters. The molecule has 16 heavy (non-hydrogen) atoms. The molecular formula is C8H12N2O5S. The van der Waals surface area contributed by atoms with E-state index in [-0.39, 0.29) is 18.1 Å². The Morgan fingerprint density at radius 1 is 1.44 bits per heavy atom. The molecular weight excluding hydrogens is 236 g/mol. The summed E-state index contributed by atoms with van der Waals surface area (Å²) in [5, 5.41) is 9.29. The lowest BCUT2D eigenvalue weighted by atomic mass is 10.5. The summed E-state index contributed by atoms with van der Waals surface area (Å²) < 4.78 is 23.2. The molecule has 1 aromatic heterocycles. The molecule has 1 aromatic rings. The van der Waals surface area contributed by atoms with Gasteiger partial charge in [-0.05, 0) is 0 Å². The maximum Gasteiger partial charge on any atom is 0.331 e. The first-order valence-corrected chi connectivity index (χ1v) is 6.41. The zero-order valence-corrected chi connectivity index (χ0v) is 9.45. The fourth-order valence-electron chi connectivity index (χ4n) is 1.10. The third-order valence-corrected chi connectivity index (χ3v) is 3.76. The van der Waals surface area contributed by atoms with E-state index in [1.165, 1.54) is 6.92 Å². The van der Waals surface area contributed by atoms with Crippen LogP contribution in [0.5, 0.6) is 5.88 Å². The molecule has 8 heteroatoms. The van der Waals surface area contributed by atoms with Gasteiger partial charge >= 0.3 is 5.69 Å². The van der Waals surface area contributed by atoms with E-state index in [1.807, 2.05) is 4.98 Å². The van der Waals surface area contributed by atoms with Crippen LogP contribution in [0.4, 0.5) is 0 Å². The number of aromatic amines is 1. The van der Waals surface area contributed by atoms with Crippen molar-refractivity contribution >= 4 is 9.84 Å². The average molecular weight is 248 g/mol. The van der Waals surface area contributed by atoms with Crippen LogP contribution in [0, 0.1) is 0 Å². The molecule has 0 radical (unpaired) electrons. The highest BCUT2D eigenvalue weighted by atomic mass is 32.2. The van der Waals surface area contributed by atoms with Gasteiger partial charge in [0, 0.05) is 12.3 Å². The van der Waals surface area contributed by atoms with Crippen LogP contribution in [0.15, 0.2) is 15.7 Å². The van der Waals surface area contributed by atoms with E-state index in [2.05, 4.69) is 0 Å². The van der Waals surface area contributed by atoms with Gasteiger partial charge in [0.05, 0.1) is 11.8 Å². The van der Waals surface area contributed by atoms with Gasteiger partial charge in [-0.15, -0.1) is 0 Å². The Labute approximate surface area is 91.3 Å². The minimum atomic E-state index is -3.22. The zero-order chi connectivity index (χ0) is 12.3. The number of hydrogen-bond donors (Lipinski definition) is 2. The second-order valence-electron chi connectivity index (χ2n) is 3.18. The molecule has 0 saturated carbocycles. The third kappa shape index (κ3) is 2.96. The summed E-state index contributed by atoms with van der Waals surface area (Å²) in [5.74, 6) is -0.838. The zero-order valence-electron chi connectivity index (χ0n) is 8.63. The van der Waals surface area contributed by atoms with Crippen molar-refractivity contribution in [1.29, 1.82) is 0 Å². The molecule has 0 bridgehead atoms. The fraction of sp³-hybridized carbons (Fsp3) is 0.500. The number of hydrogen-bond acceptors (Lipinski definition) is 5. The van der Waals surface area contributed by atoms with E-state index in [0.717, 1.165) is 10.6 Å². The monoisotopic (exact) mass is 248 g/mol. The molecule has 90 valence electrons. The molecule has 7 nitrogen and oxygen atoms in total. The van der Waals surface area contributed by atoms with Crippen LogP contribution in [0.2, 0.25) is 0 Å². The van der Waals surface area contributed by atoms with Gasteiger partial charge in [-0.25, -0.2) is 13.2 Å². The van der Waals surface area contributed by atoms with Crippen LogP contribution in [0.1, 0.15) is 6.92 Å². The van der Waals surface area contributed by atoms with Gasteiger partial charge in [0.25, 0.3) is 5.56 Å². The standard InChI is InChI=1S/C8H12N2O5S/c1-2-16(14,15)4-3-10-7(12)5-6(11)9-8(10)13/h5,12H,2-4H2,1H3,(H,9,11,13). The number of aromatic nitrogens is 2. The molecule has 0 amide bonds. The Bertz CT molecular complexity index is 583. The highest BCUT2D eigenvalue weighted by Gasteiger charge is 2.10. The van der Waals surface area contributed by atoms with Gasteiger partial charge in [0.15, 0.2) is 9.84 Å². The fourth-order valence-corrected chi connectivity index (χ4v) is 1.85. The highest BCUT2D eigenvalue weighted by Crippen LogP contribution is 2.01. The van der Waals surface area contributed by atoms with E-state index in [1.54, 1.807) is 0 Å². The molecule has 2 N–H and O–H groups in total. The van der Waals surface area contributed by atoms with E-state index < -0.39 is 27.0 Å². The summed E-state index contributed by atoms with van der Waals surface area (Å²) >= 11 is 0. The molecule has 0 aliphatic rings. The maximum absolute atomic E-state index is 11.2. The van der Waals surface area contributed by atoms with Crippen molar-refractivity contribution in [3.63, 3.8) is 0 Å². The first kappa shape index (κ1) is 12.5. The topological polar surface area (TPSA) is 109 Å². The molecule has 0 aliphatic carbocycles. The number of rotatable bonds is 4. The molecule has 0 fully saturated rings. The summed E-state index contributed by atoms with van der Waals surface area (Å²) in [7, 11) is -3.22. The first-order valence-electron chi connectivity index (χ1n) is 4.59. The summed E-state index contributed by atoms with van der Waals surface area (Å²) in [6, 6.07) is 0.819. The van der Waals surface area contributed by atoms with Crippen LogP contribution >= 0.6 is 0 Å². The third-order valence-electron chi connectivity index (χ3n) is 2.08. The molecule has 0 saturated heterocycles. The van der Waals surface area contributed by atoms with Crippen molar-refractivity contribution in [2.45, 2.75) is 13.5 Å². The van der Waals surface area contributed by atoms with Crippen molar-refractivity contribution in [3.8, 4) is 5.88 Å². The van der Waals surface area contributed by atoms with Gasteiger partial charge < -0.3 is 5.11 Å². The van der Waals surface area contributed by atoms with Crippen molar-refractivity contribution in [2.24, 2.45) is 0 Å². The van der Waals surface area contributed by atoms with Crippen molar-refractivity contribution in [3.05, 3.63) is 26.9 Å². The lowest BCUT2D eigenvalue weighted by Gasteiger charge is -2.06. The van der Waals surface area contributed by atoms with Gasteiger partial charge in [-0.1, -0.05) is 6.92 Å². The Hall–Kier alpha value is -1.57. The number of nitrogens with zero attached hydrogens (tertiary/aromatic N) is 1. The Kier molecular flexibility index (Phi) is 3.53. The summed E-state index contributed by atoms with van der Waals surface area (Å²) in [5.41, 5.74) is -1.55. The Morgan fingerprint density at radius 2 is 2.06 bits per heavy atom. The lowest BCUT2D eigenvalue weighted by molar-refractivity contribution is 0.405. The second-order valence-corrected chi connectivity index (χ2v) is 5.66. The van der Waals surface area contributed by atoms with Gasteiger partial charge in [-0.3, -0.25) is 14.3 Å². The summed E-state index contributed by atoms with van der Waals surface area (Å²) in [6.45, 7) is 1.31. The molecule has 0 aromatic carbocycles. The summed E-state index contributed by atoms with van der Waals surface area (Å²) in [6.07, 6.45) is 0.